The third-order valence-corrected chi connectivity index (χ3v) is 5.34. The van der Waals surface area contributed by atoms with E-state index in [1.807, 2.05) is 18.2 Å². The second kappa shape index (κ2) is 6.79. The van der Waals surface area contributed by atoms with Crippen molar-refractivity contribution in [3.8, 4) is 5.75 Å². The maximum Gasteiger partial charge on any atom is 0.189 e. The predicted molar refractivity (Wildman–Crippen MR) is 101 cm³/mol. The summed E-state index contributed by atoms with van der Waals surface area (Å²) in [6.45, 7) is 2.88. The third kappa shape index (κ3) is 3.34. The van der Waals surface area contributed by atoms with Crippen molar-refractivity contribution >= 4 is 5.96 Å². The molecule has 0 spiro atoms. The molecule has 1 aliphatic carbocycles. The van der Waals surface area contributed by atoms with Gasteiger partial charge < -0.3 is 15.8 Å². The van der Waals surface area contributed by atoms with Crippen LogP contribution in [0.2, 0.25) is 0 Å². The Morgan fingerprint density at radius 2 is 1.80 bits per heavy atom. The number of nitrogens with two attached hydrogens (primary N) is 1. The zero-order chi connectivity index (χ0) is 17.2. The monoisotopic (exact) mass is 335 g/mol. The first kappa shape index (κ1) is 16.0. The van der Waals surface area contributed by atoms with E-state index in [4.69, 9.17) is 15.5 Å². The molecule has 1 aliphatic heterocycles. The van der Waals surface area contributed by atoms with Gasteiger partial charge in [-0.3, -0.25) is 0 Å². The lowest BCUT2D eigenvalue weighted by atomic mass is 9.74. The molecule has 1 unspecified atom stereocenters. The van der Waals surface area contributed by atoms with Gasteiger partial charge in [-0.05, 0) is 42.9 Å². The summed E-state index contributed by atoms with van der Waals surface area (Å²) in [7, 11) is 0. The molecule has 1 saturated carbocycles. The summed E-state index contributed by atoms with van der Waals surface area (Å²) in [4.78, 5) is 4.72. The molecule has 0 aromatic heterocycles. The van der Waals surface area contributed by atoms with E-state index in [2.05, 4.69) is 42.6 Å². The second-order valence-corrected chi connectivity index (χ2v) is 7.07. The fraction of sp³-hybridized carbons (Fsp3) is 0.381. The standard InChI is InChI=1S/C21H25N3O/c1-14-6-2-3-7-17(14)15-12-16(13-15)23-21(22)24-19-10-11-25-20-9-5-4-8-18(19)20/h2-9,15-16,19H,10-13H2,1H3,(H3,22,23,24). The highest BCUT2D eigenvalue weighted by molar-refractivity contribution is 5.78. The molecule has 2 aromatic rings. The van der Waals surface area contributed by atoms with E-state index in [1.165, 1.54) is 11.1 Å². The Morgan fingerprint density at radius 1 is 1.08 bits per heavy atom. The number of hydrogen-bond acceptors (Lipinski definition) is 2. The number of nitrogens with zero attached hydrogens (tertiary/aromatic N) is 1. The van der Waals surface area contributed by atoms with Crippen LogP contribution in [0.4, 0.5) is 0 Å². The number of ether oxygens (including phenoxy) is 1. The third-order valence-electron chi connectivity index (χ3n) is 5.34. The number of fused-ring (bicyclic) bond motifs is 1. The summed E-state index contributed by atoms with van der Waals surface area (Å²) in [5.74, 6) is 2.11. The number of aliphatic imine (C=N–C) groups is 1. The van der Waals surface area contributed by atoms with Crippen molar-refractivity contribution in [2.75, 3.05) is 6.61 Å². The molecule has 0 saturated heterocycles. The lowest BCUT2D eigenvalue weighted by molar-refractivity contribution is 0.269. The highest BCUT2D eigenvalue weighted by Crippen LogP contribution is 2.38. The molecule has 1 heterocycles. The molecule has 130 valence electrons. The van der Waals surface area contributed by atoms with Crippen LogP contribution in [-0.4, -0.2) is 18.6 Å². The van der Waals surface area contributed by atoms with Crippen LogP contribution in [0.5, 0.6) is 5.75 Å². The zero-order valence-corrected chi connectivity index (χ0v) is 14.6. The molecule has 4 rings (SSSR count). The van der Waals surface area contributed by atoms with Crippen LogP contribution in [0.1, 0.15) is 47.9 Å². The summed E-state index contributed by atoms with van der Waals surface area (Å²) in [6.07, 6.45) is 3.10. The number of benzene rings is 2. The van der Waals surface area contributed by atoms with Crippen LogP contribution in [0.3, 0.4) is 0 Å². The van der Waals surface area contributed by atoms with Gasteiger partial charge in [-0.2, -0.15) is 0 Å². The maximum absolute atomic E-state index is 6.18. The summed E-state index contributed by atoms with van der Waals surface area (Å²) < 4.78 is 5.69. The molecule has 3 N–H and O–H groups in total. The Labute approximate surface area is 149 Å². The number of para-hydroxylation sites is 1. The molecule has 2 aliphatic rings. The first-order valence-corrected chi connectivity index (χ1v) is 9.08. The van der Waals surface area contributed by atoms with E-state index in [-0.39, 0.29) is 6.04 Å². The highest BCUT2D eigenvalue weighted by Gasteiger charge is 2.31. The Bertz CT molecular complexity index is 780. The van der Waals surface area contributed by atoms with E-state index in [9.17, 15) is 0 Å². The minimum absolute atomic E-state index is 0.0877. The van der Waals surface area contributed by atoms with E-state index in [0.717, 1.165) is 30.6 Å². The molecule has 0 bridgehead atoms. The Hall–Kier alpha value is -2.49. The highest BCUT2D eigenvalue weighted by atomic mass is 16.5. The Balaban J connectivity index is 1.37. The maximum atomic E-state index is 6.18. The Kier molecular flexibility index (Phi) is 4.35. The van der Waals surface area contributed by atoms with Gasteiger partial charge in [0, 0.05) is 18.0 Å². The SMILES string of the molecule is Cc1ccccc1C1CC(NC(N)=NC2CCOc3ccccc32)C1. The van der Waals surface area contributed by atoms with Crippen LogP contribution in [0, 0.1) is 6.92 Å². The van der Waals surface area contributed by atoms with Gasteiger partial charge in [-0.15, -0.1) is 0 Å². The molecule has 4 heteroatoms. The van der Waals surface area contributed by atoms with Crippen molar-refractivity contribution < 1.29 is 4.74 Å². The Morgan fingerprint density at radius 3 is 2.60 bits per heavy atom. The number of aryl methyl sites for hydroxylation is 1. The molecule has 1 atom stereocenters. The first-order chi connectivity index (χ1) is 12.2. The normalized spacial score (nSPS) is 25.5. The van der Waals surface area contributed by atoms with Crippen LogP contribution < -0.4 is 15.8 Å². The molecule has 0 radical (unpaired) electrons. The van der Waals surface area contributed by atoms with E-state index in [1.54, 1.807) is 0 Å². The molecule has 4 nitrogen and oxygen atoms in total. The summed E-state index contributed by atoms with van der Waals surface area (Å²) in [5, 5.41) is 3.40. The number of nitrogens with one attached hydrogen (secondary N) is 1. The number of hydrogen-bond donors (Lipinski definition) is 2. The molecular weight excluding hydrogens is 310 g/mol. The van der Waals surface area contributed by atoms with Gasteiger partial charge in [0.15, 0.2) is 5.96 Å². The minimum Gasteiger partial charge on any atom is -0.493 e. The second-order valence-electron chi connectivity index (χ2n) is 7.07. The quantitative estimate of drug-likeness (QED) is 0.664. The topological polar surface area (TPSA) is 59.6 Å². The van der Waals surface area contributed by atoms with Gasteiger partial charge in [0.05, 0.1) is 12.6 Å². The summed E-state index contributed by atoms with van der Waals surface area (Å²) in [6, 6.07) is 17.3. The van der Waals surface area contributed by atoms with Gasteiger partial charge in [-0.1, -0.05) is 42.5 Å². The van der Waals surface area contributed by atoms with Crippen molar-refractivity contribution in [3.05, 3.63) is 65.2 Å². The van der Waals surface area contributed by atoms with E-state index >= 15 is 0 Å². The molecular formula is C21H25N3O. The van der Waals surface area contributed by atoms with Crippen LogP contribution in [-0.2, 0) is 0 Å². The average Bonchev–Trinajstić information content (AvgIpc) is 2.59. The smallest absolute Gasteiger partial charge is 0.189 e. The lowest BCUT2D eigenvalue weighted by Crippen LogP contribution is -2.47. The zero-order valence-electron chi connectivity index (χ0n) is 14.6. The summed E-state index contributed by atoms with van der Waals surface area (Å²) >= 11 is 0. The van der Waals surface area contributed by atoms with Gasteiger partial charge >= 0.3 is 0 Å². The van der Waals surface area contributed by atoms with Gasteiger partial charge in [0.2, 0.25) is 0 Å². The number of guanidine groups is 1. The average molecular weight is 335 g/mol. The predicted octanol–water partition coefficient (Wildman–Crippen LogP) is 3.67. The first-order valence-electron chi connectivity index (χ1n) is 9.08. The van der Waals surface area contributed by atoms with Crippen molar-refractivity contribution in [2.24, 2.45) is 10.7 Å². The van der Waals surface area contributed by atoms with Crippen molar-refractivity contribution in [1.29, 1.82) is 0 Å². The van der Waals surface area contributed by atoms with Crippen LogP contribution >= 0.6 is 0 Å². The minimum atomic E-state index is 0.0877. The van der Waals surface area contributed by atoms with Gasteiger partial charge in [-0.25, -0.2) is 4.99 Å². The lowest BCUT2D eigenvalue weighted by Gasteiger charge is -2.37. The van der Waals surface area contributed by atoms with Crippen molar-refractivity contribution in [3.63, 3.8) is 0 Å². The fourth-order valence-corrected chi connectivity index (χ4v) is 3.91. The van der Waals surface area contributed by atoms with Gasteiger partial charge in [0.25, 0.3) is 0 Å². The molecule has 25 heavy (non-hydrogen) atoms. The van der Waals surface area contributed by atoms with E-state index in [0.29, 0.717) is 24.5 Å². The van der Waals surface area contributed by atoms with Gasteiger partial charge in [0.1, 0.15) is 5.75 Å². The molecule has 1 fully saturated rings. The summed E-state index contributed by atoms with van der Waals surface area (Å²) in [5.41, 5.74) is 10.2. The van der Waals surface area contributed by atoms with Crippen LogP contribution in [0.25, 0.3) is 0 Å². The molecule has 0 amide bonds. The van der Waals surface area contributed by atoms with E-state index < -0.39 is 0 Å². The van der Waals surface area contributed by atoms with Crippen LogP contribution in [0.15, 0.2) is 53.5 Å². The fourth-order valence-electron chi connectivity index (χ4n) is 3.91. The van der Waals surface area contributed by atoms with Crippen molar-refractivity contribution in [1.82, 2.24) is 5.32 Å². The number of rotatable bonds is 3. The molecule has 2 aromatic carbocycles. The largest absolute Gasteiger partial charge is 0.493 e. The van der Waals surface area contributed by atoms with Crippen molar-refractivity contribution in [2.45, 2.75) is 44.2 Å².